The zero-order chi connectivity index (χ0) is 17.3. The molecule has 2 aromatic carbocycles. The van der Waals surface area contributed by atoms with Gasteiger partial charge in [0.15, 0.2) is 0 Å². The molecule has 0 unspecified atom stereocenters. The smallest absolute Gasteiger partial charge is 0.328 e. The van der Waals surface area contributed by atoms with Crippen LogP contribution < -0.4 is 0 Å². The average molecular weight is 414 g/mol. The molecule has 1 N–H and O–H groups in total. The molecule has 0 spiro atoms. The monoisotopic (exact) mass is 412 g/mol. The number of aliphatic carboxylic acids is 1. The molecule has 2 nitrogen and oxygen atoms in total. The third kappa shape index (κ3) is 3.76. The molecule has 0 heterocycles. The van der Waals surface area contributed by atoms with Crippen molar-refractivity contribution in [1.82, 2.24) is 0 Å². The molecule has 0 aromatic heterocycles. The highest BCUT2D eigenvalue weighted by Crippen LogP contribution is 2.49. The molecule has 0 aliphatic heterocycles. The number of rotatable bonds is 3. The first-order valence-electron chi connectivity index (χ1n) is 5.96. The zero-order valence-electron chi connectivity index (χ0n) is 11.0. The normalized spacial score (nSPS) is 11.2. The third-order valence-corrected chi connectivity index (χ3v) is 5.17. The first kappa shape index (κ1) is 18.4. The van der Waals surface area contributed by atoms with Gasteiger partial charge in [-0.3, -0.25) is 0 Å². The summed E-state index contributed by atoms with van der Waals surface area (Å²) in [6.07, 6.45) is 2.07. The fraction of sp³-hybridized carbons (Fsp3) is 0. The van der Waals surface area contributed by atoms with Gasteiger partial charge in [0.05, 0.1) is 25.1 Å². The van der Waals surface area contributed by atoms with Gasteiger partial charge in [-0.25, -0.2) is 9.18 Å². The van der Waals surface area contributed by atoms with Crippen LogP contribution in [-0.2, 0) is 4.79 Å². The molecule has 23 heavy (non-hydrogen) atoms. The largest absolute Gasteiger partial charge is 0.478 e. The van der Waals surface area contributed by atoms with Gasteiger partial charge in [0.1, 0.15) is 5.82 Å². The number of hydrogen-bond acceptors (Lipinski definition) is 1. The Kier molecular flexibility index (Phi) is 5.82. The van der Waals surface area contributed by atoms with Crippen LogP contribution in [0.5, 0.6) is 0 Å². The highest BCUT2D eigenvalue weighted by atomic mass is 35.5. The lowest BCUT2D eigenvalue weighted by atomic mass is 9.98. The maximum Gasteiger partial charge on any atom is 0.328 e. The van der Waals surface area contributed by atoms with Gasteiger partial charge in [0.2, 0.25) is 0 Å². The van der Waals surface area contributed by atoms with Gasteiger partial charge >= 0.3 is 5.97 Å². The molecule has 0 saturated heterocycles. The summed E-state index contributed by atoms with van der Waals surface area (Å²) in [4.78, 5) is 10.7. The van der Waals surface area contributed by atoms with Gasteiger partial charge in [0.25, 0.3) is 0 Å². The summed E-state index contributed by atoms with van der Waals surface area (Å²) in [6.45, 7) is 0. The number of benzene rings is 2. The Balaban J connectivity index is 2.80. The lowest BCUT2D eigenvalue weighted by Crippen LogP contribution is -1.92. The molecular weight excluding hydrogens is 408 g/mol. The van der Waals surface area contributed by atoms with Crippen molar-refractivity contribution >= 4 is 70.1 Å². The minimum atomic E-state index is -1.19. The zero-order valence-corrected chi connectivity index (χ0v) is 14.8. The minimum absolute atomic E-state index is 0.00294. The van der Waals surface area contributed by atoms with Gasteiger partial charge in [-0.1, -0.05) is 64.1 Å². The summed E-state index contributed by atoms with van der Waals surface area (Å²) < 4.78 is 13.5. The molecular formula is C15H6Cl5FO2. The van der Waals surface area contributed by atoms with E-state index >= 15 is 0 Å². The van der Waals surface area contributed by atoms with Crippen LogP contribution in [0.3, 0.4) is 0 Å². The summed E-state index contributed by atoms with van der Waals surface area (Å²) in [5, 5.41) is 8.80. The average Bonchev–Trinajstić information content (AvgIpc) is 2.50. The molecule has 0 aliphatic rings. The quantitative estimate of drug-likeness (QED) is 0.338. The van der Waals surface area contributed by atoms with Crippen molar-refractivity contribution in [2.24, 2.45) is 0 Å². The van der Waals surface area contributed by atoms with E-state index < -0.39 is 11.8 Å². The molecule has 2 rings (SSSR count). The van der Waals surface area contributed by atoms with E-state index in [1.807, 2.05) is 0 Å². The highest BCUT2D eigenvalue weighted by molar-refractivity contribution is 6.56. The maximum absolute atomic E-state index is 13.5. The van der Waals surface area contributed by atoms with Crippen LogP contribution in [0.4, 0.5) is 4.39 Å². The lowest BCUT2D eigenvalue weighted by Gasteiger charge is -2.14. The van der Waals surface area contributed by atoms with Crippen LogP contribution in [0.25, 0.3) is 17.2 Å². The van der Waals surface area contributed by atoms with Gasteiger partial charge in [-0.2, -0.15) is 0 Å². The van der Waals surface area contributed by atoms with Gasteiger partial charge in [-0.05, 0) is 29.3 Å². The van der Waals surface area contributed by atoms with E-state index in [-0.39, 0.29) is 36.2 Å². The topological polar surface area (TPSA) is 37.3 Å². The number of carboxylic acids is 1. The molecule has 0 radical (unpaired) electrons. The summed E-state index contributed by atoms with van der Waals surface area (Å²) in [6, 6.07) is 3.71. The first-order valence-corrected chi connectivity index (χ1v) is 7.85. The molecule has 2 aromatic rings. The molecule has 0 bridgehead atoms. The first-order chi connectivity index (χ1) is 10.7. The molecule has 0 saturated carbocycles. The molecule has 120 valence electrons. The van der Waals surface area contributed by atoms with Crippen LogP contribution in [-0.4, -0.2) is 11.1 Å². The number of halogens is 6. The fourth-order valence-electron chi connectivity index (χ4n) is 1.90. The maximum atomic E-state index is 13.5. The van der Waals surface area contributed by atoms with E-state index in [9.17, 15) is 9.18 Å². The Labute approximate surface area is 156 Å². The number of hydrogen-bond donors (Lipinski definition) is 1. The molecule has 8 heteroatoms. The van der Waals surface area contributed by atoms with Crippen molar-refractivity contribution in [1.29, 1.82) is 0 Å². The van der Waals surface area contributed by atoms with Gasteiger partial charge < -0.3 is 5.11 Å². The summed E-state index contributed by atoms with van der Waals surface area (Å²) in [5.41, 5.74) is 0.836. The predicted molar refractivity (Wildman–Crippen MR) is 93.6 cm³/mol. The van der Waals surface area contributed by atoms with Crippen molar-refractivity contribution in [3.8, 4) is 11.1 Å². The van der Waals surface area contributed by atoms with E-state index in [2.05, 4.69) is 0 Å². The van der Waals surface area contributed by atoms with Gasteiger partial charge in [-0.15, -0.1) is 0 Å². The van der Waals surface area contributed by atoms with Crippen molar-refractivity contribution in [2.75, 3.05) is 0 Å². The second-order valence-electron chi connectivity index (χ2n) is 4.35. The van der Waals surface area contributed by atoms with Crippen molar-refractivity contribution in [3.63, 3.8) is 0 Å². The fourth-order valence-corrected chi connectivity index (χ4v) is 3.24. The Bertz CT molecular complexity index is 804. The molecule has 0 atom stereocenters. The standard InChI is InChI=1S/C15H6Cl5FO2/c16-11-10(12(17)14(19)15(20)13(11)18)8-3-2-7(21)5-6(8)1-4-9(22)23/h1-5H,(H,22,23)/b4-1-. The third-order valence-electron chi connectivity index (χ3n) is 2.90. The molecule has 0 aliphatic carbocycles. The highest BCUT2D eigenvalue weighted by Gasteiger charge is 2.21. The summed E-state index contributed by atoms with van der Waals surface area (Å²) >= 11 is 30.4. The van der Waals surface area contributed by atoms with Crippen LogP contribution in [0, 0.1) is 5.82 Å². The van der Waals surface area contributed by atoms with Crippen LogP contribution >= 0.6 is 58.0 Å². The second-order valence-corrected chi connectivity index (χ2v) is 6.24. The lowest BCUT2D eigenvalue weighted by molar-refractivity contribution is -0.131. The molecule has 0 fully saturated rings. The minimum Gasteiger partial charge on any atom is -0.478 e. The Hall–Kier alpha value is -0.970. The van der Waals surface area contributed by atoms with Crippen LogP contribution in [0.2, 0.25) is 25.1 Å². The van der Waals surface area contributed by atoms with Crippen molar-refractivity contribution < 1.29 is 14.3 Å². The predicted octanol–water partition coefficient (Wildman–Crippen LogP) is 6.86. The SMILES string of the molecule is O=C(O)/C=C\c1cc(F)ccc1-c1c(Cl)c(Cl)c(Cl)c(Cl)c1Cl. The molecule has 0 amide bonds. The van der Waals surface area contributed by atoms with Crippen LogP contribution in [0.1, 0.15) is 5.56 Å². The number of carboxylic acid groups (broad SMARTS) is 1. The van der Waals surface area contributed by atoms with E-state index in [1.165, 1.54) is 18.2 Å². The Morgan fingerprint density at radius 3 is 2.00 bits per heavy atom. The van der Waals surface area contributed by atoms with Gasteiger partial charge in [0, 0.05) is 11.6 Å². The van der Waals surface area contributed by atoms with Crippen molar-refractivity contribution in [2.45, 2.75) is 0 Å². The number of carbonyl (C=O) groups is 1. The van der Waals surface area contributed by atoms with E-state index in [0.29, 0.717) is 5.56 Å². The van der Waals surface area contributed by atoms with Crippen LogP contribution in [0.15, 0.2) is 24.3 Å². The summed E-state index contributed by atoms with van der Waals surface area (Å²) in [5.74, 6) is -1.75. The second kappa shape index (κ2) is 7.29. The van der Waals surface area contributed by atoms with Crippen molar-refractivity contribution in [3.05, 3.63) is 60.8 Å². The van der Waals surface area contributed by atoms with E-state index in [1.54, 1.807) is 0 Å². The Morgan fingerprint density at radius 1 is 0.957 bits per heavy atom. The summed E-state index contributed by atoms with van der Waals surface area (Å²) in [7, 11) is 0. The van der Waals surface area contributed by atoms with E-state index in [0.717, 1.165) is 12.1 Å². The van der Waals surface area contributed by atoms with E-state index in [4.69, 9.17) is 63.1 Å². The Morgan fingerprint density at radius 2 is 1.48 bits per heavy atom.